The van der Waals surface area contributed by atoms with Gasteiger partial charge in [-0.3, -0.25) is 0 Å². The highest BCUT2D eigenvalue weighted by molar-refractivity contribution is 6.21. The Hall–Kier alpha value is -4.82. The van der Waals surface area contributed by atoms with Crippen molar-refractivity contribution in [1.82, 2.24) is 0 Å². The third kappa shape index (κ3) is 5.15. The maximum Gasteiger partial charge on any atom is 0.0577 e. The summed E-state index contributed by atoms with van der Waals surface area (Å²) < 4.78 is 0. The summed E-state index contributed by atoms with van der Waals surface area (Å²) >= 11 is 0. The molecule has 218 valence electrons. The maximum absolute atomic E-state index is 2.58. The molecule has 0 bridgehead atoms. The van der Waals surface area contributed by atoms with Crippen LogP contribution in [0.4, 0.5) is 22.7 Å². The second kappa shape index (κ2) is 11.7. The van der Waals surface area contributed by atoms with Crippen LogP contribution in [0.1, 0.15) is 37.8 Å². The lowest BCUT2D eigenvalue weighted by molar-refractivity contribution is 0.781. The number of rotatable bonds is 6. The summed E-state index contributed by atoms with van der Waals surface area (Å²) in [6.45, 7) is 8.71. The first-order chi connectivity index (χ1) is 21.5. The summed E-state index contributed by atoms with van der Waals surface area (Å²) in [7, 11) is 0. The van der Waals surface area contributed by atoms with E-state index in [9.17, 15) is 0 Å². The predicted molar refractivity (Wildman–Crippen MR) is 191 cm³/mol. The van der Waals surface area contributed by atoms with E-state index in [2.05, 4.69) is 171 Å². The van der Waals surface area contributed by atoms with E-state index in [1.807, 2.05) is 0 Å². The van der Waals surface area contributed by atoms with Crippen molar-refractivity contribution in [2.75, 3.05) is 9.80 Å². The van der Waals surface area contributed by atoms with Crippen molar-refractivity contribution in [2.24, 2.45) is 0 Å². The number of benzene rings is 5. The van der Waals surface area contributed by atoms with Gasteiger partial charge in [-0.25, -0.2) is 0 Å². The quantitative estimate of drug-likeness (QED) is 0.147. The topological polar surface area (TPSA) is 6.48 Å². The van der Waals surface area contributed by atoms with Gasteiger partial charge in [0.15, 0.2) is 0 Å². The van der Waals surface area contributed by atoms with Crippen LogP contribution in [-0.2, 0) is 0 Å². The predicted octanol–water partition coefficient (Wildman–Crippen LogP) is 11.4. The maximum atomic E-state index is 2.58. The van der Waals surface area contributed by atoms with Crippen molar-refractivity contribution < 1.29 is 0 Å². The Morgan fingerprint density at radius 3 is 1.09 bits per heavy atom. The molecule has 0 amide bonds. The van der Waals surface area contributed by atoms with Crippen LogP contribution in [0.3, 0.4) is 0 Å². The molecule has 2 heteroatoms. The smallest absolute Gasteiger partial charge is 0.0577 e. The molecule has 7 rings (SSSR count). The van der Waals surface area contributed by atoms with E-state index < -0.39 is 0 Å². The van der Waals surface area contributed by atoms with Crippen molar-refractivity contribution in [1.29, 1.82) is 0 Å². The van der Waals surface area contributed by atoms with Gasteiger partial charge in [0.05, 0.1) is 23.5 Å². The number of allylic oxidation sites excluding steroid dienone is 4. The molecule has 2 atom stereocenters. The molecule has 2 nitrogen and oxygen atoms in total. The van der Waals surface area contributed by atoms with E-state index >= 15 is 0 Å². The van der Waals surface area contributed by atoms with Crippen LogP contribution in [0.2, 0.25) is 0 Å². The number of fused-ring (bicyclic) bond motifs is 2. The Kier molecular flexibility index (Phi) is 7.44. The van der Waals surface area contributed by atoms with Crippen LogP contribution < -0.4 is 9.80 Å². The molecule has 0 N–H and O–H groups in total. The fourth-order valence-electron chi connectivity index (χ4n) is 6.80. The second-order valence-corrected chi connectivity index (χ2v) is 12.4. The number of nitrogens with zero attached hydrogens (tertiary/aromatic N) is 2. The molecule has 0 heterocycles. The highest BCUT2D eigenvalue weighted by atomic mass is 15.2. The normalized spacial score (nSPS) is 17.9. The Morgan fingerprint density at radius 2 is 0.795 bits per heavy atom. The molecule has 0 radical (unpaired) electrons. The fourth-order valence-corrected chi connectivity index (χ4v) is 6.80. The molecule has 2 aliphatic carbocycles. The zero-order valence-corrected chi connectivity index (χ0v) is 26.2. The molecule has 0 spiro atoms. The van der Waals surface area contributed by atoms with Crippen molar-refractivity contribution >= 4 is 44.3 Å². The highest BCUT2D eigenvalue weighted by Crippen LogP contribution is 2.49. The zero-order chi connectivity index (χ0) is 30.2. The van der Waals surface area contributed by atoms with Gasteiger partial charge in [0.25, 0.3) is 0 Å². The molecular formula is C42H40N2. The Bertz CT molecular complexity index is 1750. The lowest BCUT2D eigenvalue weighted by Crippen LogP contribution is -2.32. The van der Waals surface area contributed by atoms with Crippen molar-refractivity contribution in [3.63, 3.8) is 0 Å². The van der Waals surface area contributed by atoms with Gasteiger partial charge in [-0.05, 0) is 64.8 Å². The van der Waals surface area contributed by atoms with E-state index in [-0.39, 0.29) is 12.1 Å². The first-order valence-corrected chi connectivity index (χ1v) is 15.8. The molecule has 0 aromatic heterocycles. The minimum atomic E-state index is 0.210. The van der Waals surface area contributed by atoms with Gasteiger partial charge in [0.2, 0.25) is 0 Å². The minimum Gasteiger partial charge on any atom is -0.333 e. The van der Waals surface area contributed by atoms with Crippen LogP contribution >= 0.6 is 0 Å². The average molecular weight is 573 g/mol. The van der Waals surface area contributed by atoms with Gasteiger partial charge in [-0.15, -0.1) is 0 Å². The van der Waals surface area contributed by atoms with Crippen LogP contribution in [0, 0.1) is 13.8 Å². The van der Waals surface area contributed by atoms with Gasteiger partial charge in [0.1, 0.15) is 0 Å². The second-order valence-electron chi connectivity index (χ2n) is 12.4. The van der Waals surface area contributed by atoms with Gasteiger partial charge in [-0.1, -0.05) is 132 Å². The Balaban J connectivity index is 1.54. The van der Waals surface area contributed by atoms with Crippen LogP contribution in [0.25, 0.3) is 21.5 Å². The van der Waals surface area contributed by atoms with Gasteiger partial charge >= 0.3 is 0 Å². The third-order valence-electron chi connectivity index (χ3n) is 9.17. The average Bonchev–Trinajstić information content (AvgIpc) is 3.05. The zero-order valence-electron chi connectivity index (χ0n) is 26.2. The van der Waals surface area contributed by atoms with E-state index in [1.54, 1.807) is 0 Å². The molecular weight excluding hydrogens is 532 g/mol. The van der Waals surface area contributed by atoms with Crippen molar-refractivity contribution in [2.45, 2.75) is 52.6 Å². The van der Waals surface area contributed by atoms with Crippen LogP contribution in [0.15, 0.2) is 145 Å². The molecule has 5 aromatic carbocycles. The molecule has 0 fully saturated rings. The molecule has 0 aliphatic heterocycles. The van der Waals surface area contributed by atoms with Crippen LogP contribution in [0.5, 0.6) is 0 Å². The Morgan fingerprint density at radius 1 is 0.455 bits per heavy atom. The summed E-state index contributed by atoms with van der Waals surface area (Å²) in [5.74, 6) is 0. The van der Waals surface area contributed by atoms with Gasteiger partial charge in [-0.2, -0.15) is 0 Å². The van der Waals surface area contributed by atoms with Crippen molar-refractivity contribution in [3.8, 4) is 0 Å². The van der Waals surface area contributed by atoms with Gasteiger partial charge in [0, 0.05) is 32.9 Å². The molecule has 5 aromatic rings. The summed E-state index contributed by atoms with van der Waals surface area (Å²) in [6, 6.07) is 36.6. The molecule has 2 unspecified atom stereocenters. The van der Waals surface area contributed by atoms with E-state index in [1.165, 1.54) is 66.6 Å². The number of hydrogen-bond donors (Lipinski definition) is 0. The monoisotopic (exact) mass is 572 g/mol. The largest absolute Gasteiger partial charge is 0.333 e. The summed E-state index contributed by atoms with van der Waals surface area (Å²) in [4.78, 5) is 5.16. The summed E-state index contributed by atoms with van der Waals surface area (Å²) in [5.41, 5.74) is 10.2. The van der Waals surface area contributed by atoms with Crippen molar-refractivity contribution in [3.05, 3.63) is 156 Å². The van der Waals surface area contributed by atoms with Crippen LogP contribution in [-0.4, -0.2) is 12.1 Å². The Labute approximate surface area is 261 Å². The highest BCUT2D eigenvalue weighted by Gasteiger charge is 2.29. The molecule has 0 saturated heterocycles. The summed E-state index contributed by atoms with van der Waals surface area (Å²) in [5, 5.41) is 5.07. The minimum absolute atomic E-state index is 0.210. The molecule has 44 heavy (non-hydrogen) atoms. The summed E-state index contributed by atoms with van der Waals surface area (Å²) in [6.07, 6.45) is 16.0. The fraction of sp³-hybridized carbons (Fsp3) is 0.190. The van der Waals surface area contributed by atoms with E-state index in [0.29, 0.717) is 0 Å². The first-order valence-electron chi connectivity index (χ1n) is 15.8. The number of hydrogen-bond acceptors (Lipinski definition) is 2. The SMILES string of the molecule is CC1=CCC(N(c2ccc(C)cc2)c2c3ccccc3c(N(c3ccc(C)cc3)C3C=CC(C)=CC3)c3ccccc23)C=C1. The number of anilines is 4. The lowest BCUT2D eigenvalue weighted by Gasteiger charge is -2.38. The van der Waals surface area contributed by atoms with E-state index in [4.69, 9.17) is 0 Å². The molecule has 2 aliphatic rings. The number of aryl methyl sites for hydroxylation is 2. The molecule has 0 saturated carbocycles. The third-order valence-corrected chi connectivity index (χ3v) is 9.17. The van der Waals surface area contributed by atoms with E-state index in [0.717, 1.165) is 12.8 Å². The van der Waals surface area contributed by atoms with Gasteiger partial charge < -0.3 is 9.80 Å². The first kappa shape index (κ1) is 28.0. The standard InChI is InChI=1S/C42H40N2/c1-29-13-21-33(22-14-29)43(34-23-15-30(2)16-24-34)41-37-9-5-7-11-39(37)42(40-12-8-6-10-38(40)41)44(35-25-17-31(3)18-26-35)36-27-19-32(4)20-28-36/h5-23,25-27,34,36H,24,28H2,1-4H3. The lowest BCUT2D eigenvalue weighted by atomic mass is 9.92.